The van der Waals surface area contributed by atoms with Crippen LogP contribution in [0.2, 0.25) is 0 Å². The van der Waals surface area contributed by atoms with Crippen LogP contribution in [0.1, 0.15) is 61.0 Å². The van der Waals surface area contributed by atoms with Gasteiger partial charge in [-0.2, -0.15) is 13.2 Å². The molecule has 1 fully saturated rings. The zero-order valence-electron chi connectivity index (χ0n) is 20.3. The summed E-state index contributed by atoms with van der Waals surface area (Å²) in [6.07, 6.45) is -0.755. The highest BCUT2D eigenvalue weighted by Gasteiger charge is 2.38. The van der Waals surface area contributed by atoms with Gasteiger partial charge in [-0.05, 0) is 76.7 Å². The van der Waals surface area contributed by atoms with Crippen molar-refractivity contribution in [3.8, 4) is 0 Å². The summed E-state index contributed by atoms with van der Waals surface area (Å²) in [6, 6.07) is 8.37. The van der Waals surface area contributed by atoms with Crippen molar-refractivity contribution in [2.45, 2.75) is 63.2 Å². The zero-order valence-corrected chi connectivity index (χ0v) is 20.3. The number of amides is 2. The molecule has 0 radical (unpaired) electrons. The third-order valence-corrected chi connectivity index (χ3v) is 7.09. The van der Waals surface area contributed by atoms with Crippen LogP contribution in [-0.4, -0.2) is 42.9 Å². The van der Waals surface area contributed by atoms with Crippen LogP contribution in [0.15, 0.2) is 36.4 Å². The van der Waals surface area contributed by atoms with Crippen molar-refractivity contribution in [1.29, 1.82) is 0 Å². The Morgan fingerprint density at radius 1 is 1.09 bits per heavy atom. The van der Waals surface area contributed by atoms with E-state index >= 15 is 0 Å². The minimum absolute atomic E-state index is 0.0776. The topological polar surface area (TPSA) is 73.5 Å². The van der Waals surface area contributed by atoms with Gasteiger partial charge in [-0.15, -0.1) is 0 Å². The summed E-state index contributed by atoms with van der Waals surface area (Å²) in [5, 5.41) is 8.85. The summed E-state index contributed by atoms with van der Waals surface area (Å²) in [7, 11) is 3.91. The maximum atomic E-state index is 13.5. The van der Waals surface area contributed by atoms with Crippen LogP contribution in [-0.2, 0) is 16.4 Å². The second-order valence-corrected chi connectivity index (χ2v) is 10.1. The van der Waals surface area contributed by atoms with E-state index < -0.39 is 23.1 Å². The van der Waals surface area contributed by atoms with Crippen molar-refractivity contribution in [2.75, 3.05) is 30.0 Å². The Bertz CT molecular complexity index is 1140. The van der Waals surface area contributed by atoms with Crippen LogP contribution in [0.25, 0.3) is 0 Å². The summed E-state index contributed by atoms with van der Waals surface area (Å²) in [4.78, 5) is 27.5. The zero-order chi connectivity index (χ0) is 25.5. The molecule has 1 aliphatic carbocycles. The van der Waals surface area contributed by atoms with Crippen molar-refractivity contribution in [3.63, 3.8) is 0 Å². The smallest absolute Gasteiger partial charge is 0.380 e. The van der Waals surface area contributed by atoms with E-state index in [2.05, 4.69) is 20.9 Å². The molecule has 2 aromatic rings. The quantitative estimate of drug-likeness (QED) is 0.522. The number of hydrogen-bond acceptors (Lipinski definition) is 4. The van der Waals surface area contributed by atoms with Gasteiger partial charge in [-0.25, -0.2) is 0 Å². The highest BCUT2D eigenvalue weighted by atomic mass is 19.4. The number of carbonyl (C=O) groups excluding carboxylic acids is 2. The van der Waals surface area contributed by atoms with Crippen LogP contribution in [0, 0.1) is 0 Å². The van der Waals surface area contributed by atoms with Crippen molar-refractivity contribution >= 4 is 28.9 Å². The number of likely N-dealkylation sites (N-methyl/N-ethyl adjacent to an activating group) is 1. The SMILES string of the molecule is CN(C)[C@H]1CCCC[C@@H]1Nc1cc(C(F)(F)F)ccc1C(=O)Nc1ccc2c(c1)NC(=O)C2(C)C. The number of anilines is 3. The Morgan fingerprint density at radius 2 is 1.80 bits per heavy atom. The normalized spacial score (nSPS) is 21.4. The average molecular weight is 489 g/mol. The van der Waals surface area contributed by atoms with E-state index in [0.717, 1.165) is 43.4 Å². The van der Waals surface area contributed by atoms with Crippen molar-refractivity contribution in [1.82, 2.24) is 4.90 Å². The predicted molar refractivity (Wildman–Crippen MR) is 131 cm³/mol. The van der Waals surface area contributed by atoms with Crippen molar-refractivity contribution < 1.29 is 22.8 Å². The van der Waals surface area contributed by atoms with Gasteiger partial charge in [0.05, 0.1) is 16.5 Å². The third-order valence-electron chi connectivity index (χ3n) is 7.09. The molecular formula is C26H31F3N4O2. The number of halogens is 3. The minimum Gasteiger partial charge on any atom is -0.380 e. The molecule has 2 atom stereocenters. The second kappa shape index (κ2) is 9.18. The highest BCUT2D eigenvalue weighted by Crippen LogP contribution is 2.39. The highest BCUT2D eigenvalue weighted by molar-refractivity contribution is 6.10. The number of benzene rings is 2. The van der Waals surface area contributed by atoms with E-state index in [1.807, 2.05) is 27.9 Å². The van der Waals surface area contributed by atoms with Gasteiger partial charge in [0, 0.05) is 29.1 Å². The van der Waals surface area contributed by atoms with Gasteiger partial charge in [0.15, 0.2) is 0 Å². The largest absolute Gasteiger partial charge is 0.416 e. The molecular weight excluding hydrogens is 457 g/mol. The van der Waals surface area contributed by atoms with E-state index in [4.69, 9.17) is 0 Å². The standard InChI is InChI=1S/C26H31F3N4O2/c1-25(2)18-12-10-16(14-21(18)32-24(25)35)30-23(34)17-11-9-15(26(27,28)29)13-20(17)31-19-7-5-6-8-22(19)33(3)4/h9-14,19,22,31H,5-8H2,1-4H3,(H,30,34)(H,32,35)/t19-,22-/m0/s1. The number of nitrogens with one attached hydrogen (secondary N) is 3. The lowest BCUT2D eigenvalue weighted by atomic mass is 9.86. The summed E-state index contributed by atoms with van der Waals surface area (Å²) in [5.41, 5.74) is 0.685. The van der Waals surface area contributed by atoms with Gasteiger partial charge in [-0.3, -0.25) is 9.59 Å². The molecule has 0 spiro atoms. The van der Waals surface area contributed by atoms with Crippen molar-refractivity contribution in [2.24, 2.45) is 0 Å². The average Bonchev–Trinajstić information content (AvgIpc) is 3.01. The number of nitrogens with zero attached hydrogens (tertiary/aromatic N) is 1. The first-order valence-electron chi connectivity index (χ1n) is 11.8. The molecule has 3 N–H and O–H groups in total. The Kier molecular flexibility index (Phi) is 6.57. The molecule has 2 aliphatic rings. The number of fused-ring (bicyclic) bond motifs is 1. The van der Waals surface area contributed by atoms with Crippen LogP contribution < -0.4 is 16.0 Å². The molecule has 188 valence electrons. The number of hydrogen-bond donors (Lipinski definition) is 3. The first kappa shape index (κ1) is 25.0. The summed E-state index contributed by atoms with van der Waals surface area (Å²) in [6.45, 7) is 3.64. The second-order valence-electron chi connectivity index (χ2n) is 10.1. The molecule has 1 aliphatic heterocycles. The molecule has 0 saturated heterocycles. The molecule has 1 saturated carbocycles. The third kappa shape index (κ3) is 5.00. The lowest BCUT2D eigenvalue weighted by molar-refractivity contribution is -0.137. The van der Waals surface area contributed by atoms with Crippen LogP contribution >= 0.6 is 0 Å². The monoisotopic (exact) mass is 488 g/mol. The molecule has 2 aromatic carbocycles. The van der Waals surface area contributed by atoms with Gasteiger partial charge in [-0.1, -0.05) is 18.9 Å². The fourth-order valence-corrected chi connectivity index (χ4v) is 5.01. The molecule has 2 amide bonds. The van der Waals surface area contributed by atoms with E-state index in [-0.39, 0.29) is 29.2 Å². The molecule has 0 aromatic heterocycles. The maximum Gasteiger partial charge on any atom is 0.416 e. The number of carbonyl (C=O) groups is 2. The Morgan fingerprint density at radius 3 is 2.49 bits per heavy atom. The predicted octanol–water partition coefficient (Wildman–Crippen LogP) is 5.47. The molecule has 9 heteroatoms. The molecule has 6 nitrogen and oxygen atoms in total. The van der Waals surface area contributed by atoms with Gasteiger partial charge in [0.2, 0.25) is 5.91 Å². The summed E-state index contributed by atoms with van der Waals surface area (Å²) >= 11 is 0. The van der Waals surface area contributed by atoms with Gasteiger partial charge in [0.25, 0.3) is 5.91 Å². The molecule has 1 heterocycles. The molecule has 0 bridgehead atoms. The van der Waals surface area contributed by atoms with E-state index in [1.54, 1.807) is 18.2 Å². The Labute approximate surface area is 203 Å². The molecule has 4 rings (SSSR count). The van der Waals surface area contributed by atoms with Gasteiger partial charge < -0.3 is 20.9 Å². The maximum absolute atomic E-state index is 13.5. The van der Waals surface area contributed by atoms with Crippen molar-refractivity contribution in [3.05, 3.63) is 53.1 Å². The van der Waals surface area contributed by atoms with Crippen LogP contribution in [0.4, 0.5) is 30.2 Å². The van der Waals surface area contributed by atoms with Crippen LogP contribution in [0.3, 0.4) is 0 Å². The fourth-order valence-electron chi connectivity index (χ4n) is 5.01. The first-order chi connectivity index (χ1) is 16.4. The Balaban J connectivity index is 1.63. The number of alkyl halides is 3. The van der Waals surface area contributed by atoms with Gasteiger partial charge in [0.1, 0.15) is 0 Å². The fraction of sp³-hybridized carbons (Fsp3) is 0.462. The van der Waals surface area contributed by atoms with E-state index in [0.29, 0.717) is 11.4 Å². The van der Waals surface area contributed by atoms with Gasteiger partial charge >= 0.3 is 6.18 Å². The summed E-state index contributed by atoms with van der Waals surface area (Å²) < 4.78 is 40.4. The Hall–Kier alpha value is -3.07. The van der Waals surface area contributed by atoms with E-state index in [1.165, 1.54) is 6.07 Å². The minimum atomic E-state index is -4.52. The lowest BCUT2D eigenvalue weighted by Gasteiger charge is -2.37. The molecule has 35 heavy (non-hydrogen) atoms. The number of rotatable bonds is 5. The molecule has 0 unspecified atom stereocenters. The first-order valence-corrected chi connectivity index (χ1v) is 11.8. The van der Waals surface area contributed by atoms with Crippen LogP contribution in [0.5, 0.6) is 0 Å². The van der Waals surface area contributed by atoms with E-state index in [9.17, 15) is 22.8 Å². The summed E-state index contributed by atoms with van der Waals surface area (Å²) in [5.74, 6) is -0.657. The lowest BCUT2D eigenvalue weighted by Crippen LogP contribution is -2.45.